The van der Waals surface area contributed by atoms with Gasteiger partial charge in [0.2, 0.25) is 0 Å². The fourth-order valence-electron chi connectivity index (χ4n) is 2.29. The Labute approximate surface area is 112 Å². The van der Waals surface area contributed by atoms with Crippen molar-refractivity contribution in [3.05, 3.63) is 33.8 Å². The van der Waals surface area contributed by atoms with Crippen LogP contribution in [0.15, 0.2) is 18.2 Å². The number of rotatable bonds is 5. The average Bonchev–Trinajstić information content (AvgIpc) is 3.14. The number of benzene rings is 1. The molecule has 1 aliphatic carbocycles. The molecule has 1 saturated carbocycles. The molecule has 94 valence electrons. The first-order chi connectivity index (χ1) is 8.13. The normalized spacial score (nSPS) is 19.1. The van der Waals surface area contributed by atoms with Gasteiger partial charge in [0.1, 0.15) is 0 Å². The van der Waals surface area contributed by atoms with Crippen LogP contribution in [0, 0.1) is 11.8 Å². The summed E-state index contributed by atoms with van der Waals surface area (Å²) in [6, 6.07) is 6.01. The van der Waals surface area contributed by atoms with Gasteiger partial charge in [-0.15, -0.1) is 0 Å². The standard InChI is InChI=1S/C13H18Cl2N2/c1-8(9-5-6-9)12(17-16)7-10-3-2-4-11(14)13(10)15/h2-4,8-9,12,17H,5-7,16H2,1H3. The van der Waals surface area contributed by atoms with E-state index in [1.807, 2.05) is 18.2 Å². The number of nitrogens with one attached hydrogen (secondary N) is 1. The van der Waals surface area contributed by atoms with Gasteiger partial charge >= 0.3 is 0 Å². The molecule has 1 aromatic rings. The highest BCUT2D eigenvalue weighted by Crippen LogP contribution is 2.39. The summed E-state index contributed by atoms with van der Waals surface area (Å²) in [6.45, 7) is 2.25. The molecular formula is C13H18Cl2N2. The second-order valence-corrected chi connectivity index (χ2v) is 5.67. The molecule has 0 saturated heterocycles. The minimum Gasteiger partial charge on any atom is -0.271 e. The lowest BCUT2D eigenvalue weighted by Gasteiger charge is -2.23. The molecule has 0 aliphatic heterocycles. The molecule has 1 aliphatic rings. The molecule has 0 heterocycles. The van der Waals surface area contributed by atoms with Crippen molar-refractivity contribution in [3.63, 3.8) is 0 Å². The average molecular weight is 273 g/mol. The number of nitrogens with two attached hydrogens (primary N) is 1. The van der Waals surface area contributed by atoms with Crippen LogP contribution in [0.2, 0.25) is 10.0 Å². The summed E-state index contributed by atoms with van der Waals surface area (Å²) in [6.07, 6.45) is 3.47. The zero-order valence-corrected chi connectivity index (χ0v) is 11.4. The van der Waals surface area contributed by atoms with Gasteiger partial charge in [0, 0.05) is 6.04 Å². The summed E-state index contributed by atoms with van der Waals surface area (Å²) in [5, 5.41) is 1.26. The van der Waals surface area contributed by atoms with Crippen LogP contribution in [-0.4, -0.2) is 6.04 Å². The highest BCUT2D eigenvalue weighted by atomic mass is 35.5. The fourth-order valence-corrected chi connectivity index (χ4v) is 2.69. The van der Waals surface area contributed by atoms with E-state index in [4.69, 9.17) is 29.0 Å². The molecular weight excluding hydrogens is 255 g/mol. The quantitative estimate of drug-likeness (QED) is 0.637. The molecule has 1 aromatic carbocycles. The van der Waals surface area contributed by atoms with Crippen molar-refractivity contribution in [1.82, 2.24) is 5.43 Å². The maximum atomic E-state index is 6.19. The number of hydrazine groups is 1. The zero-order chi connectivity index (χ0) is 12.4. The highest BCUT2D eigenvalue weighted by molar-refractivity contribution is 6.42. The molecule has 3 N–H and O–H groups in total. The molecule has 17 heavy (non-hydrogen) atoms. The smallest absolute Gasteiger partial charge is 0.0624 e. The van der Waals surface area contributed by atoms with E-state index in [1.54, 1.807) is 0 Å². The van der Waals surface area contributed by atoms with Crippen LogP contribution in [0.4, 0.5) is 0 Å². The molecule has 0 radical (unpaired) electrons. The molecule has 4 heteroatoms. The van der Waals surface area contributed by atoms with E-state index < -0.39 is 0 Å². The van der Waals surface area contributed by atoms with Crippen molar-refractivity contribution in [3.8, 4) is 0 Å². The van der Waals surface area contributed by atoms with Crippen molar-refractivity contribution in [1.29, 1.82) is 0 Å². The lowest BCUT2D eigenvalue weighted by Crippen LogP contribution is -2.42. The van der Waals surface area contributed by atoms with Crippen molar-refractivity contribution < 1.29 is 0 Å². The van der Waals surface area contributed by atoms with Gasteiger partial charge in [-0.2, -0.15) is 0 Å². The minimum atomic E-state index is 0.262. The van der Waals surface area contributed by atoms with Crippen LogP contribution in [-0.2, 0) is 6.42 Å². The second-order valence-electron chi connectivity index (χ2n) is 4.89. The predicted molar refractivity (Wildman–Crippen MR) is 73.2 cm³/mol. The third-order valence-electron chi connectivity index (χ3n) is 3.69. The first kappa shape index (κ1) is 13.2. The van der Waals surface area contributed by atoms with Gasteiger partial charge < -0.3 is 0 Å². The first-order valence-corrected chi connectivity index (χ1v) is 6.78. The monoisotopic (exact) mass is 272 g/mol. The van der Waals surface area contributed by atoms with Gasteiger partial charge in [-0.25, -0.2) is 0 Å². The van der Waals surface area contributed by atoms with Crippen molar-refractivity contribution in [2.24, 2.45) is 17.7 Å². The summed E-state index contributed by atoms with van der Waals surface area (Å²) < 4.78 is 0. The van der Waals surface area contributed by atoms with Gasteiger partial charge in [-0.05, 0) is 42.7 Å². The Morgan fingerprint density at radius 2 is 2.12 bits per heavy atom. The maximum Gasteiger partial charge on any atom is 0.0624 e. The summed E-state index contributed by atoms with van der Waals surface area (Å²) in [5.41, 5.74) is 3.98. The largest absolute Gasteiger partial charge is 0.271 e. The van der Waals surface area contributed by atoms with Crippen LogP contribution in [0.5, 0.6) is 0 Å². The van der Waals surface area contributed by atoms with E-state index in [-0.39, 0.29) is 6.04 Å². The lowest BCUT2D eigenvalue weighted by molar-refractivity contribution is 0.343. The Morgan fingerprint density at radius 1 is 1.41 bits per heavy atom. The molecule has 1 fully saturated rings. The van der Waals surface area contributed by atoms with Crippen LogP contribution >= 0.6 is 23.2 Å². The topological polar surface area (TPSA) is 38.0 Å². The van der Waals surface area contributed by atoms with E-state index in [9.17, 15) is 0 Å². The first-order valence-electron chi connectivity index (χ1n) is 6.02. The van der Waals surface area contributed by atoms with Crippen LogP contribution < -0.4 is 11.3 Å². The van der Waals surface area contributed by atoms with Crippen LogP contribution in [0.3, 0.4) is 0 Å². The summed E-state index contributed by atoms with van der Waals surface area (Å²) >= 11 is 12.2. The van der Waals surface area contributed by atoms with E-state index in [0.29, 0.717) is 16.0 Å². The Hall–Kier alpha value is -0.280. The Bertz CT molecular complexity index is 391. The maximum absolute atomic E-state index is 6.19. The van der Waals surface area contributed by atoms with Gasteiger partial charge in [0.25, 0.3) is 0 Å². The Balaban J connectivity index is 2.09. The Morgan fingerprint density at radius 3 is 2.71 bits per heavy atom. The molecule has 0 bridgehead atoms. The third-order valence-corrected chi connectivity index (χ3v) is 4.54. The summed E-state index contributed by atoms with van der Waals surface area (Å²) in [7, 11) is 0. The zero-order valence-electron chi connectivity index (χ0n) is 9.92. The number of hydrogen-bond donors (Lipinski definition) is 2. The molecule has 2 rings (SSSR count). The second kappa shape index (κ2) is 5.57. The van der Waals surface area contributed by atoms with Gasteiger partial charge in [-0.3, -0.25) is 11.3 Å². The van der Waals surface area contributed by atoms with Crippen LogP contribution in [0.25, 0.3) is 0 Å². The van der Waals surface area contributed by atoms with Crippen molar-refractivity contribution >= 4 is 23.2 Å². The van der Waals surface area contributed by atoms with Gasteiger partial charge in [0.15, 0.2) is 0 Å². The van der Waals surface area contributed by atoms with Gasteiger partial charge in [-0.1, -0.05) is 42.3 Å². The fraction of sp³-hybridized carbons (Fsp3) is 0.538. The molecule has 2 atom stereocenters. The van der Waals surface area contributed by atoms with E-state index in [2.05, 4.69) is 12.3 Å². The summed E-state index contributed by atoms with van der Waals surface area (Å²) in [5.74, 6) is 7.04. The van der Waals surface area contributed by atoms with E-state index in [1.165, 1.54) is 12.8 Å². The minimum absolute atomic E-state index is 0.262. The van der Waals surface area contributed by atoms with Crippen molar-refractivity contribution in [2.45, 2.75) is 32.2 Å². The van der Waals surface area contributed by atoms with Crippen LogP contribution in [0.1, 0.15) is 25.3 Å². The van der Waals surface area contributed by atoms with E-state index >= 15 is 0 Å². The molecule has 2 nitrogen and oxygen atoms in total. The number of halogens is 2. The molecule has 0 spiro atoms. The SMILES string of the molecule is CC(C1CC1)C(Cc1cccc(Cl)c1Cl)NN. The lowest BCUT2D eigenvalue weighted by atomic mass is 9.92. The third kappa shape index (κ3) is 3.14. The van der Waals surface area contributed by atoms with Crippen molar-refractivity contribution in [2.75, 3.05) is 0 Å². The molecule has 2 unspecified atom stereocenters. The molecule has 0 amide bonds. The summed E-state index contributed by atoms with van der Waals surface area (Å²) in [4.78, 5) is 0. The van der Waals surface area contributed by atoms with Gasteiger partial charge in [0.05, 0.1) is 10.0 Å². The highest BCUT2D eigenvalue weighted by Gasteiger charge is 2.33. The Kier molecular flexibility index (Phi) is 4.31. The molecule has 0 aromatic heterocycles. The predicted octanol–water partition coefficient (Wildman–Crippen LogP) is 3.41. The number of hydrogen-bond acceptors (Lipinski definition) is 2. The van der Waals surface area contributed by atoms with E-state index in [0.717, 1.165) is 17.9 Å².